The number of methoxy groups -OCH3 is 1. The number of nitrogens with zero attached hydrogens (tertiary/aromatic N) is 3. The van der Waals surface area contributed by atoms with Gasteiger partial charge in [0.05, 0.1) is 34.8 Å². The van der Waals surface area contributed by atoms with Crippen molar-refractivity contribution in [1.82, 2.24) is 9.78 Å². The Hall–Kier alpha value is -3.71. The zero-order valence-electron chi connectivity index (χ0n) is 16.1. The Kier molecular flexibility index (Phi) is 4.97. The van der Waals surface area contributed by atoms with E-state index in [2.05, 4.69) is 10.2 Å². The lowest BCUT2D eigenvalue weighted by Crippen LogP contribution is -2.22. The van der Waals surface area contributed by atoms with Gasteiger partial charge >= 0.3 is 0 Å². The number of anilines is 1. The van der Waals surface area contributed by atoms with E-state index in [0.717, 1.165) is 5.69 Å². The minimum absolute atomic E-state index is 0.164. The van der Waals surface area contributed by atoms with E-state index in [-0.39, 0.29) is 18.1 Å². The van der Waals surface area contributed by atoms with Crippen LogP contribution in [0, 0.1) is 6.92 Å². The van der Waals surface area contributed by atoms with E-state index in [1.165, 1.54) is 9.69 Å². The van der Waals surface area contributed by atoms with Crippen LogP contribution in [0.5, 0.6) is 0 Å². The van der Waals surface area contributed by atoms with Crippen molar-refractivity contribution < 1.29 is 9.53 Å². The molecule has 1 aromatic heterocycles. The van der Waals surface area contributed by atoms with Crippen LogP contribution >= 0.6 is 0 Å². The fourth-order valence-corrected chi connectivity index (χ4v) is 3.22. The molecule has 0 fully saturated rings. The Labute approximate surface area is 167 Å². The van der Waals surface area contributed by atoms with Gasteiger partial charge in [0.15, 0.2) is 0 Å². The molecule has 2 aromatic carbocycles. The van der Waals surface area contributed by atoms with Crippen molar-refractivity contribution >= 4 is 23.4 Å². The molecule has 146 valence electrons. The SMILES string of the molecule is COCC1=NN(c2ccccc2)C(=O)C1=Cc1c(C)[nH]n(-c2ccccc2)c1=O. The van der Waals surface area contributed by atoms with Gasteiger partial charge < -0.3 is 4.74 Å². The number of nitrogens with one attached hydrogen (secondary N) is 1. The van der Waals surface area contributed by atoms with Crippen molar-refractivity contribution in [1.29, 1.82) is 0 Å². The van der Waals surface area contributed by atoms with Gasteiger partial charge in [-0.15, -0.1) is 0 Å². The van der Waals surface area contributed by atoms with E-state index in [9.17, 15) is 9.59 Å². The first-order valence-corrected chi connectivity index (χ1v) is 9.15. The largest absolute Gasteiger partial charge is 0.378 e. The van der Waals surface area contributed by atoms with Gasteiger partial charge in [0.2, 0.25) is 0 Å². The molecule has 1 aliphatic rings. The van der Waals surface area contributed by atoms with E-state index in [1.807, 2.05) is 48.5 Å². The molecule has 1 amide bonds. The van der Waals surface area contributed by atoms with Gasteiger partial charge in [0.25, 0.3) is 11.5 Å². The molecule has 7 heteroatoms. The van der Waals surface area contributed by atoms with Crippen molar-refractivity contribution in [2.24, 2.45) is 5.10 Å². The molecule has 0 radical (unpaired) electrons. The van der Waals surface area contributed by atoms with Crippen molar-refractivity contribution in [2.45, 2.75) is 6.92 Å². The number of para-hydroxylation sites is 2. The summed E-state index contributed by atoms with van der Waals surface area (Å²) in [5.74, 6) is -0.297. The van der Waals surface area contributed by atoms with Gasteiger partial charge in [-0.1, -0.05) is 36.4 Å². The molecule has 7 nitrogen and oxygen atoms in total. The number of hydrazone groups is 1. The van der Waals surface area contributed by atoms with Gasteiger partial charge in [-0.2, -0.15) is 10.1 Å². The Bertz CT molecular complexity index is 1160. The predicted octanol–water partition coefficient (Wildman–Crippen LogP) is 2.91. The number of carbonyl (C=O) groups excluding carboxylic acids is 1. The quantitative estimate of drug-likeness (QED) is 0.683. The van der Waals surface area contributed by atoms with E-state index in [1.54, 1.807) is 32.2 Å². The molecule has 1 aliphatic heterocycles. The third-order valence-corrected chi connectivity index (χ3v) is 4.66. The first-order valence-electron chi connectivity index (χ1n) is 9.15. The number of ether oxygens (including phenoxy) is 1. The Morgan fingerprint density at radius 2 is 1.62 bits per heavy atom. The molecule has 0 atom stereocenters. The van der Waals surface area contributed by atoms with Gasteiger partial charge in [-0.3, -0.25) is 14.7 Å². The molecule has 1 N–H and O–H groups in total. The number of hydrogen-bond donors (Lipinski definition) is 1. The maximum atomic E-state index is 13.1. The fraction of sp³-hybridized carbons (Fsp3) is 0.136. The highest BCUT2D eigenvalue weighted by atomic mass is 16.5. The second-order valence-electron chi connectivity index (χ2n) is 6.62. The van der Waals surface area contributed by atoms with Crippen LogP contribution in [0.4, 0.5) is 5.69 Å². The van der Waals surface area contributed by atoms with Crippen LogP contribution < -0.4 is 10.6 Å². The first kappa shape index (κ1) is 18.6. The summed E-state index contributed by atoms with van der Waals surface area (Å²) in [5, 5.41) is 8.82. The zero-order valence-corrected chi connectivity index (χ0v) is 16.1. The Morgan fingerprint density at radius 3 is 2.24 bits per heavy atom. The average molecular weight is 388 g/mol. The summed E-state index contributed by atoms with van der Waals surface area (Å²) in [6.45, 7) is 1.96. The number of aromatic nitrogens is 2. The summed E-state index contributed by atoms with van der Waals surface area (Å²) in [4.78, 5) is 26.1. The molecule has 29 heavy (non-hydrogen) atoms. The zero-order chi connectivity index (χ0) is 20.4. The number of hydrogen-bond acceptors (Lipinski definition) is 4. The Balaban J connectivity index is 1.78. The molecular formula is C22H20N4O3. The third kappa shape index (κ3) is 3.43. The number of carbonyl (C=O) groups is 1. The molecule has 2 heterocycles. The number of aryl methyl sites for hydroxylation is 1. The van der Waals surface area contributed by atoms with E-state index in [4.69, 9.17) is 4.74 Å². The number of amides is 1. The normalized spacial score (nSPS) is 15.2. The molecule has 0 saturated heterocycles. The van der Waals surface area contributed by atoms with Crippen LogP contribution in [-0.2, 0) is 9.53 Å². The lowest BCUT2D eigenvalue weighted by molar-refractivity contribution is -0.114. The minimum Gasteiger partial charge on any atom is -0.378 e. The second kappa shape index (κ2) is 7.73. The van der Waals surface area contributed by atoms with Crippen LogP contribution in [0.3, 0.4) is 0 Å². The highest BCUT2D eigenvalue weighted by Crippen LogP contribution is 2.25. The van der Waals surface area contributed by atoms with Crippen molar-refractivity contribution in [3.05, 3.63) is 87.8 Å². The van der Waals surface area contributed by atoms with E-state index in [0.29, 0.717) is 28.2 Å². The summed E-state index contributed by atoms with van der Waals surface area (Å²) in [5.41, 5.74) is 3.04. The summed E-state index contributed by atoms with van der Waals surface area (Å²) < 4.78 is 6.68. The second-order valence-corrected chi connectivity index (χ2v) is 6.62. The Morgan fingerprint density at radius 1 is 1.00 bits per heavy atom. The number of H-pyrrole nitrogens is 1. The summed E-state index contributed by atoms with van der Waals surface area (Å²) >= 11 is 0. The molecule has 0 spiro atoms. The lowest BCUT2D eigenvalue weighted by Gasteiger charge is -2.10. The summed E-state index contributed by atoms with van der Waals surface area (Å²) in [6.07, 6.45) is 1.59. The molecule has 3 aromatic rings. The van der Waals surface area contributed by atoms with E-state index >= 15 is 0 Å². The fourth-order valence-electron chi connectivity index (χ4n) is 3.22. The maximum absolute atomic E-state index is 13.1. The van der Waals surface area contributed by atoms with Crippen molar-refractivity contribution in [3.8, 4) is 5.69 Å². The molecule has 0 unspecified atom stereocenters. The first-order chi connectivity index (χ1) is 14.1. The number of benzene rings is 2. The highest BCUT2D eigenvalue weighted by Gasteiger charge is 2.31. The van der Waals surface area contributed by atoms with E-state index < -0.39 is 0 Å². The molecule has 0 bridgehead atoms. The molecular weight excluding hydrogens is 368 g/mol. The maximum Gasteiger partial charge on any atom is 0.280 e. The predicted molar refractivity (Wildman–Crippen MR) is 112 cm³/mol. The smallest absolute Gasteiger partial charge is 0.280 e. The van der Waals surface area contributed by atoms with Crippen LogP contribution in [0.25, 0.3) is 11.8 Å². The highest BCUT2D eigenvalue weighted by molar-refractivity contribution is 6.33. The van der Waals surface area contributed by atoms with Crippen LogP contribution in [0.1, 0.15) is 11.3 Å². The van der Waals surface area contributed by atoms with Crippen molar-refractivity contribution in [3.63, 3.8) is 0 Å². The van der Waals surface area contributed by atoms with Gasteiger partial charge in [-0.25, -0.2) is 4.68 Å². The van der Waals surface area contributed by atoms with Crippen LogP contribution in [-0.4, -0.2) is 35.1 Å². The monoisotopic (exact) mass is 388 g/mol. The topological polar surface area (TPSA) is 79.7 Å². The third-order valence-electron chi connectivity index (χ3n) is 4.66. The number of rotatable bonds is 5. The van der Waals surface area contributed by atoms with Gasteiger partial charge in [0.1, 0.15) is 0 Å². The molecule has 4 rings (SSSR count). The standard InChI is InChI=1S/C22H20N4O3/c1-15-18(21(27)25(23-15)16-9-5-3-6-10-16)13-19-20(14-29-2)24-26(22(19)28)17-11-7-4-8-12-17/h3-13,23H,14H2,1-2H3. The van der Waals surface area contributed by atoms with Crippen LogP contribution in [0.15, 0.2) is 76.1 Å². The molecule has 0 saturated carbocycles. The number of aromatic amines is 1. The summed E-state index contributed by atoms with van der Waals surface area (Å²) in [7, 11) is 1.54. The molecule has 0 aliphatic carbocycles. The van der Waals surface area contributed by atoms with Crippen LogP contribution in [0.2, 0.25) is 0 Å². The lowest BCUT2D eigenvalue weighted by atomic mass is 10.1. The van der Waals surface area contributed by atoms with Gasteiger partial charge in [0, 0.05) is 12.8 Å². The minimum atomic E-state index is -0.297. The summed E-state index contributed by atoms with van der Waals surface area (Å²) in [6, 6.07) is 18.4. The van der Waals surface area contributed by atoms with Gasteiger partial charge in [-0.05, 0) is 37.3 Å². The average Bonchev–Trinajstić information content (AvgIpc) is 3.21. The van der Waals surface area contributed by atoms with Crippen molar-refractivity contribution in [2.75, 3.05) is 18.7 Å².